The van der Waals surface area contributed by atoms with Gasteiger partial charge >= 0.3 is 6.09 Å². The molecule has 0 bridgehead atoms. The van der Waals surface area contributed by atoms with Crippen molar-refractivity contribution in [2.75, 3.05) is 47.5 Å². The number of halogens is 2. The zero-order valence-electron chi connectivity index (χ0n) is 15.7. The van der Waals surface area contributed by atoms with Crippen molar-refractivity contribution in [3.63, 3.8) is 0 Å². The van der Waals surface area contributed by atoms with Gasteiger partial charge in [-0.3, -0.25) is 13.9 Å². The van der Waals surface area contributed by atoms with Gasteiger partial charge < -0.3 is 15.0 Å². The largest absolute Gasteiger partial charge is 0.442 e. The molecule has 1 N–H and O–H groups in total. The Balaban J connectivity index is 1.25. The third kappa shape index (κ3) is 3.37. The van der Waals surface area contributed by atoms with Crippen LogP contribution in [0.2, 0.25) is 0 Å². The average Bonchev–Trinajstić information content (AvgIpc) is 3.38. The monoisotopic (exact) mass is 425 g/mol. The van der Waals surface area contributed by atoms with E-state index in [0.717, 1.165) is 25.0 Å². The topological polar surface area (TPSA) is 79.0 Å². The van der Waals surface area contributed by atoms with Crippen molar-refractivity contribution < 1.29 is 27.3 Å². The molecule has 0 aromatic heterocycles. The quantitative estimate of drug-likeness (QED) is 0.771. The second-order valence-electron chi connectivity index (χ2n) is 8.48. The van der Waals surface area contributed by atoms with Gasteiger partial charge in [-0.2, -0.15) is 0 Å². The molecule has 1 aliphatic carbocycles. The second-order valence-corrected chi connectivity index (χ2v) is 9.94. The van der Waals surface area contributed by atoms with Crippen LogP contribution in [0.15, 0.2) is 12.1 Å². The van der Waals surface area contributed by atoms with Gasteiger partial charge in [0, 0.05) is 58.9 Å². The molecular weight excluding hydrogens is 404 g/mol. The summed E-state index contributed by atoms with van der Waals surface area (Å²) in [5.41, 5.74) is -0.0955. The minimum atomic E-state index is -0.808. The number of hydrogen-bond donors (Lipinski definition) is 1. The van der Waals surface area contributed by atoms with E-state index >= 15 is 0 Å². The minimum absolute atomic E-state index is 0.0523. The van der Waals surface area contributed by atoms with Crippen LogP contribution in [0.3, 0.4) is 0 Å². The number of anilines is 2. The maximum atomic E-state index is 14.7. The van der Waals surface area contributed by atoms with Crippen LogP contribution < -0.4 is 15.1 Å². The smallest absolute Gasteiger partial charge is 0.414 e. The molecule has 1 atom stereocenters. The molecule has 5 rings (SSSR count). The van der Waals surface area contributed by atoms with Crippen molar-refractivity contribution in [3.05, 3.63) is 23.8 Å². The summed E-state index contributed by atoms with van der Waals surface area (Å²) in [6.45, 7) is 1.26. The lowest BCUT2D eigenvalue weighted by atomic mass is 9.82. The first-order valence-electron chi connectivity index (χ1n) is 9.68. The average molecular weight is 425 g/mol. The predicted molar refractivity (Wildman–Crippen MR) is 102 cm³/mol. The van der Waals surface area contributed by atoms with Crippen molar-refractivity contribution in [2.45, 2.75) is 18.9 Å². The third-order valence-corrected chi connectivity index (χ3v) is 7.81. The van der Waals surface area contributed by atoms with Crippen molar-refractivity contribution in [2.24, 2.45) is 11.3 Å². The molecule has 29 heavy (non-hydrogen) atoms. The van der Waals surface area contributed by atoms with Crippen LogP contribution in [0.5, 0.6) is 0 Å². The normalized spacial score (nSPS) is 25.6. The summed E-state index contributed by atoms with van der Waals surface area (Å²) in [7, 11) is -0.808. The van der Waals surface area contributed by atoms with Crippen molar-refractivity contribution in [3.8, 4) is 0 Å². The van der Waals surface area contributed by atoms with E-state index in [1.807, 2.05) is 0 Å². The van der Waals surface area contributed by atoms with E-state index in [2.05, 4.69) is 5.32 Å². The Morgan fingerprint density at radius 3 is 2.48 bits per heavy atom. The van der Waals surface area contributed by atoms with Crippen LogP contribution in [0, 0.1) is 23.0 Å². The molecule has 1 saturated carbocycles. The lowest BCUT2D eigenvalue weighted by Gasteiger charge is -2.55. The number of benzene rings is 1. The van der Waals surface area contributed by atoms with Gasteiger partial charge in [0.1, 0.15) is 11.8 Å². The van der Waals surface area contributed by atoms with E-state index in [0.29, 0.717) is 24.6 Å². The van der Waals surface area contributed by atoms with Gasteiger partial charge in [0.25, 0.3) is 0 Å². The molecule has 3 aliphatic heterocycles. The first-order valence-corrected chi connectivity index (χ1v) is 11.2. The zero-order valence-corrected chi connectivity index (χ0v) is 16.5. The maximum absolute atomic E-state index is 14.7. The molecular formula is C19H21F2N3O4S. The van der Waals surface area contributed by atoms with Crippen molar-refractivity contribution in [1.82, 2.24) is 5.32 Å². The molecule has 4 fully saturated rings. The van der Waals surface area contributed by atoms with E-state index in [-0.39, 0.29) is 41.7 Å². The second kappa shape index (κ2) is 6.65. The Morgan fingerprint density at radius 1 is 1.24 bits per heavy atom. The van der Waals surface area contributed by atoms with Crippen LogP contribution in [0.1, 0.15) is 12.8 Å². The van der Waals surface area contributed by atoms with Gasteiger partial charge in [-0.1, -0.05) is 0 Å². The van der Waals surface area contributed by atoms with Crippen molar-refractivity contribution >= 4 is 34.2 Å². The fourth-order valence-electron chi connectivity index (χ4n) is 4.30. The summed E-state index contributed by atoms with van der Waals surface area (Å²) in [5, 5.41) is 2.74. The number of carbonyl (C=O) groups excluding carboxylic acids is 2. The SMILES string of the molecule is O=C(NCC1CN(c2cc(F)c(N3CC4(C3)CS(=O)C4)c(F)c2)C(=O)O1)C1CC1. The summed E-state index contributed by atoms with van der Waals surface area (Å²) >= 11 is 0. The van der Waals surface area contributed by atoms with Crippen LogP contribution in [-0.4, -0.2) is 60.0 Å². The van der Waals surface area contributed by atoms with Gasteiger partial charge in [0.2, 0.25) is 5.91 Å². The fourth-order valence-corrected chi connectivity index (χ4v) is 5.94. The molecule has 1 aromatic carbocycles. The summed E-state index contributed by atoms with van der Waals surface area (Å²) < 4.78 is 45.9. The van der Waals surface area contributed by atoms with Crippen LogP contribution in [-0.2, 0) is 20.3 Å². The summed E-state index contributed by atoms with van der Waals surface area (Å²) in [6, 6.07) is 2.27. The maximum Gasteiger partial charge on any atom is 0.414 e. The Labute approximate surface area is 168 Å². The molecule has 1 aromatic rings. The molecule has 1 spiro atoms. The van der Waals surface area contributed by atoms with Crippen LogP contribution in [0.25, 0.3) is 0 Å². The van der Waals surface area contributed by atoms with Gasteiger partial charge in [0.15, 0.2) is 11.6 Å². The number of hydrogen-bond acceptors (Lipinski definition) is 5. The number of ether oxygens (including phenoxy) is 1. The highest BCUT2D eigenvalue weighted by molar-refractivity contribution is 7.86. The molecule has 1 unspecified atom stereocenters. The highest BCUT2D eigenvalue weighted by Crippen LogP contribution is 2.44. The first-order chi connectivity index (χ1) is 13.8. The van der Waals surface area contributed by atoms with E-state index in [9.17, 15) is 22.6 Å². The summed E-state index contributed by atoms with van der Waals surface area (Å²) in [5.74, 6) is -0.308. The molecule has 7 nitrogen and oxygen atoms in total. The number of nitrogens with zero attached hydrogens (tertiary/aromatic N) is 2. The molecule has 3 heterocycles. The molecule has 0 radical (unpaired) electrons. The number of rotatable bonds is 5. The Bertz CT molecular complexity index is 884. The van der Waals surface area contributed by atoms with Gasteiger partial charge in [-0.15, -0.1) is 0 Å². The third-order valence-electron chi connectivity index (χ3n) is 5.94. The highest BCUT2D eigenvalue weighted by atomic mass is 32.2. The molecule has 4 aliphatic rings. The summed E-state index contributed by atoms with van der Waals surface area (Å²) in [6.07, 6.45) is 0.500. The van der Waals surface area contributed by atoms with Gasteiger partial charge in [-0.05, 0) is 12.8 Å². The van der Waals surface area contributed by atoms with Crippen LogP contribution in [0.4, 0.5) is 25.0 Å². The lowest BCUT2D eigenvalue weighted by Crippen LogP contribution is -2.67. The van der Waals surface area contributed by atoms with Crippen molar-refractivity contribution in [1.29, 1.82) is 0 Å². The summed E-state index contributed by atoms with van der Waals surface area (Å²) in [4.78, 5) is 26.7. The molecule has 2 amide bonds. The highest BCUT2D eigenvalue weighted by Gasteiger charge is 2.52. The molecule has 10 heteroatoms. The van der Waals surface area contributed by atoms with E-state index in [1.165, 1.54) is 4.90 Å². The Kier molecular flexibility index (Phi) is 4.30. The Morgan fingerprint density at radius 2 is 1.90 bits per heavy atom. The molecule has 156 valence electrons. The predicted octanol–water partition coefficient (Wildman–Crippen LogP) is 1.38. The fraction of sp³-hybridized carbons (Fsp3) is 0.579. The molecule has 3 saturated heterocycles. The van der Waals surface area contributed by atoms with E-state index < -0.39 is 34.6 Å². The first kappa shape index (κ1) is 18.8. The number of carbonyl (C=O) groups is 2. The van der Waals surface area contributed by atoms with Crippen LogP contribution >= 0.6 is 0 Å². The Hall–Kier alpha value is -2.23. The van der Waals surface area contributed by atoms with E-state index in [4.69, 9.17) is 4.74 Å². The standard InChI is InChI=1S/C19H21F2N3O4S/c20-14-3-12(4-15(21)16(14)23-7-19(8-23)9-29(27)10-19)24-6-13(28-18(24)26)5-22-17(25)11-1-2-11/h3-4,11,13H,1-2,5-10H2,(H,22,25). The number of nitrogens with one attached hydrogen (secondary N) is 1. The number of amides is 2. The number of cyclic esters (lactones) is 1. The van der Waals surface area contributed by atoms with E-state index in [1.54, 1.807) is 4.90 Å². The zero-order chi connectivity index (χ0) is 20.3. The van der Waals surface area contributed by atoms with Gasteiger partial charge in [0.05, 0.1) is 18.8 Å². The van der Waals surface area contributed by atoms with Gasteiger partial charge in [-0.25, -0.2) is 13.6 Å². The lowest BCUT2D eigenvalue weighted by molar-refractivity contribution is -0.122. The minimum Gasteiger partial charge on any atom is -0.442 e.